The van der Waals surface area contributed by atoms with Gasteiger partial charge < -0.3 is 5.32 Å². The number of benzene rings is 2. The van der Waals surface area contributed by atoms with E-state index in [1.54, 1.807) is 35.4 Å². The summed E-state index contributed by atoms with van der Waals surface area (Å²) >= 11 is 1.29. The molecule has 1 aromatic heterocycles. The summed E-state index contributed by atoms with van der Waals surface area (Å²) in [6.07, 6.45) is 1.69. The van der Waals surface area contributed by atoms with Crippen molar-refractivity contribution in [2.45, 2.75) is 39.0 Å². The van der Waals surface area contributed by atoms with Crippen LogP contribution in [0.15, 0.2) is 71.9 Å². The lowest BCUT2D eigenvalue weighted by atomic mass is 10.1. The average Bonchev–Trinajstić information content (AvgIpc) is 3.11. The van der Waals surface area contributed by atoms with Crippen LogP contribution < -0.4 is 5.32 Å². The number of aryl methyl sites for hydroxylation is 2. The SMILES string of the molecule is CC(=O)c1ccc(NC(=O)CC2SC(=Nc3ccc(C)c(C)c3)N(Cc3ccccn3)C2=O)cc1. The molecular formula is C27H26N4O3S. The van der Waals surface area contributed by atoms with Gasteiger partial charge in [-0.05, 0) is 80.4 Å². The zero-order chi connectivity index (χ0) is 24.9. The molecule has 35 heavy (non-hydrogen) atoms. The van der Waals surface area contributed by atoms with Gasteiger partial charge in [0.1, 0.15) is 5.25 Å². The highest BCUT2D eigenvalue weighted by molar-refractivity contribution is 8.15. The summed E-state index contributed by atoms with van der Waals surface area (Å²) in [6.45, 7) is 5.83. The molecule has 4 rings (SSSR count). The molecule has 178 valence electrons. The van der Waals surface area contributed by atoms with Gasteiger partial charge in [-0.15, -0.1) is 0 Å². The average molecular weight is 487 g/mol. The van der Waals surface area contributed by atoms with Crippen molar-refractivity contribution in [2.75, 3.05) is 5.32 Å². The molecule has 8 heteroatoms. The predicted octanol–water partition coefficient (Wildman–Crippen LogP) is 5.06. The van der Waals surface area contributed by atoms with Crippen LogP contribution in [0.2, 0.25) is 0 Å². The first-order chi connectivity index (χ1) is 16.8. The number of rotatable bonds is 7. The summed E-state index contributed by atoms with van der Waals surface area (Å²) in [6, 6.07) is 18.1. The second-order valence-corrected chi connectivity index (χ2v) is 9.57. The number of amidine groups is 1. The van der Waals surface area contributed by atoms with Crippen LogP contribution >= 0.6 is 11.8 Å². The number of carbonyl (C=O) groups is 3. The largest absolute Gasteiger partial charge is 0.326 e. The van der Waals surface area contributed by atoms with E-state index in [2.05, 4.69) is 10.3 Å². The maximum Gasteiger partial charge on any atom is 0.243 e. The lowest BCUT2D eigenvalue weighted by molar-refractivity contribution is -0.128. The summed E-state index contributed by atoms with van der Waals surface area (Å²) in [5.74, 6) is -0.499. The zero-order valence-electron chi connectivity index (χ0n) is 19.8. The number of ketones is 1. The van der Waals surface area contributed by atoms with E-state index in [9.17, 15) is 14.4 Å². The number of hydrogen-bond donors (Lipinski definition) is 1. The minimum Gasteiger partial charge on any atom is -0.326 e. The quantitative estimate of drug-likeness (QED) is 0.471. The van der Waals surface area contributed by atoms with Crippen molar-refractivity contribution in [3.63, 3.8) is 0 Å². The number of aliphatic imine (C=N–C) groups is 1. The number of anilines is 1. The molecule has 0 aliphatic carbocycles. The molecule has 7 nitrogen and oxygen atoms in total. The standard InChI is InChI=1S/C27H26N4O3S/c1-17-7-10-22(14-18(17)2)30-27-31(16-23-6-4-5-13-28-23)26(34)24(35-27)15-25(33)29-21-11-8-20(9-12-21)19(3)32/h4-14,24H,15-16H2,1-3H3,(H,29,33). The lowest BCUT2D eigenvalue weighted by Crippen LogP contribution is -2.33. The summed E-state index contributed by atoms with van der Waals surface area (Å²) in [5.41, 5.74) is 4.92. The predicted molar refractivity (Wildman–Crippen MR) is 139 cm³/mol. The second kappa shape index (κ2) is 10.7. The molecule has 1 atom stereocenters. The van der Waals surface area contributed by atoms with Gasteiger partial charge in [-0.1, -0.05) is 23.9 Å². The molecular weight excluding hydrogens is 460 g/mol. The molecule has 0 radical (unpaired) electrons. The molecule has 2 amide bonds. The molecule has 0 spiro atoms. The van der Waals surface area contributed by atoms with Crippen LogP contribution in [0.4, 0.5) is 11.4 Å². The van der Waals surface area contributed by atoms with Gasteiger partial charge in [-0.3, -0.25) is 24.3 Å². The Hall–Kier alpha value is -3.78. The molecule has 2 aromatic carbocycles. The van der Waals surface area contributed by atoms with E-state index < -0.39 is 5.25 Å². The Morgan fingerprint density at radius 3 is 2.49 bits per heavy atom. The molecule has 1 fully saturated rings. The monoisotopic (exact) mass is 486 g/mol. The van der Waals surface area contributed by atoms with Crippen molar-refractivity contribution < 1.29 is 14.4 Å². The summed E-state index contributed by atoms with van der Waals surface area (Å²) in [7, 11) is 0. The second-order valence-electron chi connectivity index (χ2n) is 8.40. The third-order valence-corrected chi connectivity index (χ3v) is 6.90. The smallest absolute Gasteiger partial charge is 0.243 e. The van der Waals surface area contributed by atoms with Crippen LogP contribution in [0.5, 0.6) is 0 Å². The molecule has 1 aliphatic heterocycles. The Balaban J connectivity index is 1.53. The van der Waals surface area contributed by atoms with Crippen LogP contribution in [0.25, 0.3) is 0 Å². The highest BCUT2D eigenvalue weighted by Crippen LogP contribution is 2.33. The van der Waals surface area contributed by atoms with Crippen LogP contribution in [0.3, 0.4) is 0 Å². The number of nitrogens with one attached hydrogen (secondary N) is 1. The number of nitrogens with zero attached hydrogens (tertiary/aromatic N) is 3. The fourth-order valence-corrected chi connectivity index (χ4v) is 4.76. The van der Waals surface area contributed by atoms with Crippen molar-refractivity contribution in [3.05, 3.63) is 89.2 Å². The highest BCUT2D eigenvalue weighted by Gasteiger charge is 2.39. The van der Waals surface area contributed by atoms with Crippen molar-refractivity contribution >= 4 is 45.9 Å². The molecule has 0 bridgehead atoms. The summed E-state index contributed by atoms with van der Waals surface area (Å²) in [5, 5.41) is 2.76. The van der Waals surface area contributed by atoms with Gasteiger partial charge in [0.2, 0.25) is 11.8 Å². The Bertz CT molecular complexity index is 1290. The number of thioether (sulfide) groups is 1. The molecule has 3 aromatic rings. The fourth-order valence-electron chi connectivity index (χ4n) is 3.60. The van der Waals surface area contributed by atoms with E-state index in [-0.39, 0.29) is 30.6 Å². The van der Waals surface area contributed by atoms with Crippen molar-refractivity contribution in [1.29, 1.82) is 0 Å². The number of hydrogen-bond acceptors (Lipinski definition) is 6. The maximum atomic E-state index is 13.3. The number of pyridine rings is 1. The first kappa shape index (κ1) is 24.3. The minimum absolute atomic E-state index is 0.00260. The van der Waals surface area contributed by atoms with Crippen LogP contribution in [0, 0.1) is 13.8 Å². The first-order valence-corrected chi connectivity index (χ1v) is 12.1. The van der Waals surface area contributed by atoms with Crippen molar-refractivity contribution in [2.24, 2.45) is 4.99 Å². The molecule has 0 saturated carbocycles. The Morgan fingerprint density at radius 2 is 1.83 bits per heavy atom. The topological polar surface area (TPSA) is 91.7 Å². The normalized spacial score (nSPS) is 16.5. The first-order valence-electron chi connectivity index (χ1n) is 11.2. The van der Waals surface area contributed by atoms with Crippen molar-refractivity contribution in [1.82, 2.24) is 9.88 Å². The Labute approximate surface area is 208 Å². The molecule has 1 aliphatic rings. The number of aromatic nitrogens is 1. The van der Waals surface area contributed by atoms with E-state index >= 15 is 0 Å². The Kier molecular flexibility index (Phi) is 7.41. The number of Topliss-reactive ketones (excluding diaryl/α,β-unsaturated/α-hetero) is 1. The minimum atomic E-state index is -0.597. The van der Waals surface area contributed by atoms with Gasteiger partial charge in [0.05, 0.1) is 17.9 Å². The fraction of sp³-hybridized carbons (Fsp3) is 0.222. The van der Waals surface area contributed by atoms with E-state index in [1.807, 2.05) is 50.2 Å². The maximum absolute atomic E-state index is 13.3. The van der Waals surface area contributed by atoms with Crippen molar-refractivity contribution in [3.8, 4) is 0 Å². The van der Waals surface area contributed by atoms with Gasteiger partial charge in [-0.25, -0.2) is 4.99 Å². The highest BCUT2D eigenvalue weighted by atomic mass is 32.2. The summed E-state index contributed by atoms with van der Waals surface area (Å²) in [4.78, 5) is 48.2. The zero-order valence-corrected chi connectivity index (χ0v) is 20.6. The lowest BCUT2D eigenvalue weighted by Gasteiger charge is -2.16. The van der Waals surface area contributed by atoms with E-state index in [4.69, 9.17) is 4.99 Å². The Morgan fingerprint density at radius 1 is 1.06 bits per heavy atom. The summed E-state index contributed by atoms with van der Waals surface area (Å²) < 4.78 is 0. The van der Waals surface area contributed by atoms with E-state index in [0.29, 0.717) is 16.4 Å². The third kappa shape index (κ3) is 6.02. The van der Waals surface area contributed by atoms with Crippen LogP contribution in [0.1, 0.15) is 40.5 Å². The van der Waals surface area contributed by atoms with Crippen LogP contribution in [-0.4, -0.2) is 37.9 Å². The molecule has 2 heterocycles. The molecule has 1 unspecified atom stereocenters. The number of amides is 2. The van der Waals surface area contributed by atoms with Gasteiger partial charge in [0, 0.05) is 23.9 Å². The number of carbonyl (C=O) groups excluding carboxylic acids is 3. The third-order valence-electron chi connectivity index (χ3n) is 5.73. The molecule has 1 saturated heterocycles. The van der Waals surface area contributed by atoms with E-state index in [0.717, 1.165) is 16.9 Å². The van der Waals surface area contributed by atoms with E-state index in [1.165, 1.54) is 24.2 Å². The van der Waals surface area contributed by atoms with Gasteiger partial charge in [0.25, 0.3) is 0 Å². The van der Waals surface area contributed by atoms with Gasteiger partial charge >= 0.3 is 0 Å². The van der Waals surface area contributed by atoms with Gasteiger partial charge in [-0.2, -0.15) is 0 Å². The molecule has 1 N–H and O–H groups in total. The van der Waals surface area contributed by atoms with Gasteiger partial charge in [0.15, 0.2) is 11.0 Å². The van der Waals surface area contributed by atoms with Crippen LogP contribution in [-0.2, 0) is 16.1 Å².